The Hall–Kier alpha value is -0.170. The highest BCUT2D eigenvalue weighted by molar-refractivity contribution is 7.91. The first-order valence-corrected chi connectivity index (χ1v) is 8.51. The van der Waals surface area contributed by atoms with Gasteiger partial charge in [0.15, 0.2) is 9.84 Å². The summed E-state index contributed by atoms with van der Waals surface area (Å²) >= 11 is 0. The molecule has 6 heteroatoms. The summed E-state index contributed by atoms with van der Waals surface area (Å²) in [4.78, 5) is 2.19. The molecule has 0 radical (unpaired) electrons. The van der Waals surface area contributed by atoms with Crippen LogP contribution in [0.25, 0.3) is 0 Å². The van der Waals surface area contributed by atoms with Gasteiger partial charge in [-0.2, -0.15) is 0 Å². The molecule has 1 saturated heterocycles. The van der Waals surface area contributed by atoms with E-state index in [0.29, 0.717) is 12.3 Å². The van der Waals surface area contributed by atoms with Crippen LogP contribution in [0.3, 0.4) is 0 Å². The lowest BCUT2D eigenvalue weighted by Gasteiger charge is -2.31. The van der Waals surface area contributed by atoms with Gasteiger partial charge >= 0.3 is 0 Å². The van der Waals surface area contributed by atoms with Crippen LogP contribution >= 0.6 is 0 Å². The van der Waals surface area contributed by atoms with Gasteiger partial charge in [0.25, 0.3) is 0 Å². The molecule has 0 aromatic carbocycles. The van der Waals surface area contributed by atoms with E-state index in [1.54, 1.807) is 0 Å². The van der Waals surface area contributed by atoms with Gasteiger partial charge in [0.1, 0.15) is 0 Å². The molecule has 0 aliphatic carbocycles. The molecule has 2 N–H and O–H groups in total. The Labute approximate surface area is 110 Å². The van der Waals surface area contributed by atoms with Crippen LogP contribution in [0.15, 0.2) is 0 Å². The summed E-state index contributed by atoms with van der Waals surface area (Å²) in [6.45, 7) is 7.25. The van der Waals surface area contributed by atoms with Gasteiger partial charge in [-0.3, -0.25) is 0 Å². The molecule has 1 fully saturated rings. The highest BCUT2D eigenvalue weighted by Gasteiger charge is 2.24. The molecule has 1 atom stereocenters. The first-order valence-electron chi connectivity index (χ1n) is 6.69. The maximum Gasteiger partial charge on any atom is 0.151 e. The van der Waals surface area contributed by atoms with Crippen LogP contribution < -0.4 is 5.32 Å². The number of aliphatic hydroxyl groups excluding tert-OH is 1. The minimum Gasteiger partial charge on any atom is -0.394 e. The van der Waals surface area contributed by atoms with Gasteiger partial charge in [-0.05, 0) is 39.4 Å². The van der Waals surface area contributed by atoms with E-state index in [2.05, 4.69) is 10.2 Å². The fourth-order valence-electron chi connectivity index (χ4n) is 2.27. The largest absolute Gasteiger partial charge is 0.394 e. The van der Waals surface area contributed by atoms with Crippen LogP contribution in [0.5, 0.6) is 0 Å². The van der Waals surface area contributed by atoms with Crippen molar-refractivity contribution in [3.63, 3.8) is 0 Å². The van der Waals surface area contributed by atoms with Gasteiger partial charge in [-0.25, -0.2) is 8.42 Å². The lowest BCUT2D eigenvalue weighted by Crippen LogP contribution is -2.48. The first-order chi connectivity index (χ1) is 8.41. The topological polar surface area (TPSA) is 69.6 Å². The Morgan fingerprint density at radius 3 is 2.67 bits per heavy atom. The minimum atomic E-state index is -2.83. The first kappa shape index (κ1) is 15.9. The lowest BCUT2D eigenvalue weighted by molar-refractivity contribution is 0.149. The van der Waals surface area contributed by atoms with Crippen LogP contribution in [-0.2, 0) is 9.84 Å². The van der Waals surface area contributed by atoms with Crippen molar-refractivity contribution >= 4 is 9.84 Å². The molecule has 0 aromatic heterocycles. The summed E-state index contributed by atoms with van der Waals surface area (Å²) in [6, 6.07) is 0. The van der Waals surface area contributed by atoms with Crippen molar-refractivity contribution in [3.8, 4) is 0 Å². The predicted octanol–water partition coefficient (Wildman–Crippen LogP) is -0.142. The van der Waals surface area contributed by atoms with Crippen molar-refractivity contribution in [1.29, 1.82) is 0 Å². The summed E-state index contributed by atoms with van der Waals surface area (Å²) in [7, 11) is -2.83. The molecule has 0 amide bonds. The number of rotatable bonds is 6. The fourth-order valence-corrected chi connectivity index (χ4v) is 3.58. The molecule has 108 valence electrons. The normalized spacial score (nSPS) is 24.4. The maximum absolute atomic E-state index is 11.5. The van der Waals surface area contributed by atoms with E-state index >= 15 is 0 Å². The van der Waals surface area contributed by atoms with Crippen molar-refractivity contribution < 1.29 is 13.5 Å². The summed E-state index contributed by atoms with van der Waals surface area (Å²) in [6.07, 6.45) is 1.55. The third-order valence-corrected chi connectivity index (χ3v) is 5.30. The quantitative estimate of drug-likeness (QED) is 0.707. The van der Waals surface area contributed by atoms with E-state index in [0.717, 1.165) is 32.5 Å². The molecule has 1 unspecified atom stereocenters. The lowest BCUT2D eigenvalue weighted by atomic mass is 9.98. The van der Waals surface area contributed by atoms with E-state index in [1.807, 2.05) is 13.8 Å². The molecule has 0 aromatic rings. The second-order valence-electron chi connectivity index (χ2n) is 5.35. The smallest absolute Gasteiger partial charge is 0.151 e. The number of hydrogen-bond donors (Lipinski definition) is 2. The molecule has 1 rings (SSSR count). The Morgan fingerprint density at radius 1 is 1.33 bits per heavy atom. The zero-order valence-corrected chi connectivity index (χ0v) is 12.3. The zero-order valence-electron chi connectivity index (χ0n) is 11.5. The van der Waals surface area contributed by atoms with Crippen LogP contribution in [0.4, 0.5) is 0 Å². The zero-order chi connectivity index (χ0) is 13.6. The molecule has 1 heterocycles. The van der Waals surface area contributed by atoms with Crippen molar-refractivity contribution in [2.24, 2.45) is 0 Å². The van der Waals surface area contributed by atoms with Gasteiger partial charge < -0.3 is 15.3 Å². The number of nitrogens with one attached hydrogen (secondary N) is 1. The molecule has 1 aliphatic rings. The summed E-state index contributed by atoms with van der Waals surface area (Å²) in [5.41, 5.74) is -0.264. The third-order valence-electron chi connectivity index (χ3n) is 3.58. The number of aliphatic hydroxyl groups is 1. The van der Waals surface area contributed by atoms with E-state index in [9.17, 15) is 13.5 Å². The summed E-state index contributed by atoms with van der Waals surface area (Å²) < 4.78 is 23.0. The molecular weight excluding hydrogens is 252 g/mol. The molecular formula is C12H26N2O3S. The van der Waals surface area contributed by atoms with Crippen LogP contribution in [-0.4, -0.2) is 68.3 Å². The van der Waals surface area contributed by atoms with E-state index < -0.39 is 9.84 Å². The molecule has 0 saturated carbocycles. The molecule has 0 spiro atoms. The second kappa shape index (κ2) is 6.84. The maximum atomic E-state index is 11.5. The number of hydrogen-bond acceptors (Lipinski definition) is 5. The average molecular weight is 278 g/mol. The van der Waals surface area contributed by atoms with Crippen LogP contribution in [0.2, 0.25) is 0 Å². The van der Waals surface area contributed by atoms with Gasteiger partial charge in [0, 0.05) is 12.1 Å². The highest BCUT2D eigenvalue weighted by Crippen LogP contribution is 2.12. The number of sulfone groups is 1. The summed E-state index contributed by atoms with van der Waals surface area (Å²) in [5, 5.41) is 12.7. The Morgan fingerprint density at radius 2 is 2.06 bits per heavy atom. The number of likely N-dealkylation sites (N-methyl/N-ethyl adjacent to an activating group) is 1. The second-order valence-corrected chi connectivity index (χ2v) is 7.65. The van der Waals surface area contributed by atoms with E-state index in [4.69, 9.17) is 0 Å². The third kappa shape index (κ3) is 5.22. The monoisotopic (exact) mass is 278 g/mol. The van der Waals surface area contributed by atoms with Gasteiger partial charge in [-0.15, -0.1) is 0 Å². The molecule has 0 bridgehead atoms. The van der Waals surface area contributed by atoms with Crippen LogP contribution in [0.1, 0.15) is 26.7 Å². The Kier molecular flexibility index (Phi) is 6.04. The Bertz CT molecular complexity index is 345. The molecule has 5 nitrogen and oxygen atoms in total. The van der Waals surface area contributed by atoms with Crippen molar-refractivity contribution in [2.75, 3.05) is 44.3 Å². The van der Waals surface area contributed by atoms with E-state index in [-0.39, 0.29) is 17.9 Å². The summed E-state index contributed by atoms with van der Waals surface area (Å²) in [5.74, 6) is 0.581. The molecule has 1 aliphatic heterocycles. The molecule has 18 heavy (non-hydrogen) atoms. The van der Waals surface area contributed by atoms with Crippen molar-refractivity contribution in [3.05, 3.63) is 0 Å². The van der Waals surface area contributed by atoms with E-state index in [1.165, 1.54) is 0 Å². The highest BCUT2D eigenvalue weighted by atomic mass is 32.2. The fraction of sp³-hybridized carbons (Fsp3) is 1.00. The Balaban J connectivity index is 2.43. The van der Waals surface area contributed by atoms with Gasteiger partial charge in [0.05, 0.1) is 18.1 Å². The van der Waals surface area contributed by atoms with Gasteiger partial charge in [-0.1, -0.05) is 6.92 Å². The predicted molar refractivity (Wildman–Crippen MR) is 73.5 cm³/mol. The van der Waals surface area contributed by atoms with Gasteiger partial charge in [0.2, 0.25) is 0 Å². The minimum absolute atomic E-state index is 0.104. The van der Waals surface area contributed by atoms with Crippen molar-refractivity contribution in [2.45, 2.75) is 32.2 Å². The standard InChI is InChI=1S/C12H26N2O3S/c1-3-13-12(2,11-15)5-7-14-6-4-9-18(16,17)10-8-14/h13,15H,3-11H2,1-2H3. The van der Waals surface area contributed by atoms with Crippen LogP contribution in [0, 0.1) is 0 Å². The van der Waals surface area contributed by atoms with Crippen molar-refractivity contribution in [1.82, 2.24) is 10.2 Å². The average Bonchev–Trinajstić information content (AvgIpc) is 2.48. The SMILES string of the molecule is CCNC(C)(CO)CCN1CCCS(=O)(=O)CC1. The number of nitrogens with zero attached hydrogens (tertiary/aromatic N) is 1.